The van der Waals surface area contributed by atoms with E-state index in [1.807, 2.05) is 4.90 Å². The van der Waals surface area contributed by atoms with E-state index in [9.17, 15) is 9.59 Å². The summed E-state index contributed by atoms with van der Waals surface area (Å²) in [6, 6.07) is 0.570. The van der Waals surface area contributed by atoms with Crippen LogP contribution in [0.2, 0.25) is 0 Å². The summed E-state index contributed by atoms with van der Waals surface area (Å²) in [5.74, 6) is -0.169. The first-order valence-electron chi connectivity index (χ1n) is 8.63. The molecule has 1 saturated carbocycles. The van der Waals surface area contributed by atoms with Crippen molar-refractivity contribution < 1.29 is 19.1 Å². The van der Waals surface area contributed by atoms with Crippen molar-refractivity contribution in [2.45, 2.75) is 83.4 Å². The number of amides is 1. The average Bonchev–Trinajstić information content (AvgIpc) is 2.54. The zero-order chi connectivity index (χ0) is 16.1. The lowest BCUT2D eigenvalue weighted by atomic mass is 9.87. The van der Waals surface area contributed by atoms with Crippen LogP contribution in [-0.2, 0) is 14.3 Å². The molecule has 1 amide bonds. The van der Waals surface area contributed by atoms with Gasteiger partial charge in [0.25, 0.3) is 0 Å². The van der Waals surface area contributed by atoms with Gasteiger partial charge in [0.05, 0.1) is 13.0 Å². The van der Waals surface area contributed by atoms with Crippen LogP contribution in [0.15, 0.2) is 0 Å². The quantitative estimate of drug-likeness (QED) is 0.748. The first-order chi connectivity index (χ1) is 10.6. The van der Waals surface area contributed by atoms with E-state index in [0.717, 1.165) is 44.9 Å². The Kier molecular flexibility index (Phi) is 6.09. The van der Waals surface area contributed by atoms with Crippen LogP contribution in [-0.4, -0.2) is 42.3 Å². The van der Waals surface area contributed by atoms with Crippen LogP contribution in [0.3, 0.4) is 0 Å². The van der Waals surface area contributed by atoms with Crippen LogP contribution in [0.4, 0.5) is 4.79 Å². The van der Waals surface area contributed by atoms with E-state index in [-0.39, 0.29) is 30.1 Å². The van der Waals surface area contributed by atoms with Crippen LogP contribution >= 0.6 is 0 Å². The van der Waals surface area contributed by atoms with Gasteiger partial charge in [0, 0.05) is 12.1 Å². The van der Waals surface area contributed by atoms with Crippen LogP contribution in [0.1, 0.15) is 65.2 Å². The minimum absolute atomic E-state index is 0.0303. The van der Waals surface area contributed by atoms with E-state index in [2.05, 4.69) is 13.8 Å². The predicted molar refractivity (Wildman–Crippen MR) is 83.5 cm³/mol. The summed E-state index contributed by atoms with van der Waals surface area (Å²) in [6.07, 6.45) is 7.08. The molecule has 0 unspecified atom stereocenters. The molecule has 126 valence electrons. The third-order valence-corrected chi connectivity index (χ3v) is 5.19. The third kappa shape index (κ3) is 3.93. The molecule has 0 bridgehead atoms. The third-order valence-electron chi connectivity index (χ3n) is 5.19. The maximum atomic E-state index is 12.5. The second kappa shape index (κ2) is 7.84. The molecule has 5 heteroatoms. The average molecular weight is 311 g/mol. The minimum Gasteiger partial charge on any atom is -0.469 e. The number of carbonyl (C=O) groups excluding carboxylic acids is 2. The minimum atomic E-state index is -0.166. The highest BCUT2D eigenvalue weighted by atomic mass is 16.6. The second-order valence-electron chi connectivity index (χ2n) is 6.63. The summed E-state index contributed by atoms with van der Waals surface area (Å²) in [4.78, 5) is 26.0. The number of hydrogen-bond donors (Lipinski definition) is 0. The maximum absolute atomic E-state index is 12.5. The molecule has 2 rings (SSSR count). The highest BCUT2D eigenvalue weighted by molar-refractivity contribution is 5.72. The van der Waals surface area contributed by atoms with Crippen molar-refractivity contribution in [3.8, 4) is 0 Å². The number of hydrogen-bond acceptors (Lipinski definition) is 4. The Morgan fingerprint density at radius 2 is 1.77 bits per heavy atom. The molecule has 0 aromatic heterocycles. The number of piperidine rings is 1. The lowest BCUT2D eigenvalue weighted by molar-refractivity contribution is -0.147. The predicted octanol–water partition coefficient (Wildman–Crippen LogP) is 3.51. The summed E-state index contributed by atoms with van der Waals surface area (Å²) < 4.78 is 10.5. The Hall–Kier alpha value is -1.26. The molecule has 1 heterocycles. The fourth-order valence-corrected chi connectivity index (χ4v) is 3.80. The normalized spacial score (nSPS) is 32.4. The van der Waals surface area contributed by atoms with E-state index in [4.69, 9.17) is 9.47 Å². The number of ether oxygens (including phenoxy) is 2. The van der Waals surface area contributed by atoms with Crippen molar-refractivity contribution in [1.29, 1.82) is 0 Å². The highest BCUT2D eigenvalue weighted by Gasteiger charge is 2.34. The second-order valence-corrected chi connectivity index (χ2v) is 6.63. The molecule has 0 N–H and O–H groups in total. The van der Waals surface area contributed by atoms with Gasteiger partial charge in [-0.05, 0) is 58.3 Å². The summed E-state index contributed by atoms with van der Waals surface area (Å²) in [5, 5.41) is 0. The Balaban J connectivity index is 1.85. The summed E-state index contributed by atoms with van der Waals surface area (Å²) in [5.41, 5.74) is 0. The largest absolute Gasteiger partial charge is 0.469 e. The Bertz CT molecular complexity index is 390. The molecule has 0 spiro atoms. The van der Waals surface area contributed by atoms with E-state index < -0.39 is 0 Å². The monoisotopic (exact) mass is 311 g/mol. The van der Waals surface area contributed by atoms with Gasteiger partial charge >= 0.3 is 12.1 Å². The molecule has 2 atom stereocenters. The van der Waals surface area contributed by atoms with Crippen molar-refractivity contribution >= 4 is 12.1 Å². The fraction of sp³-hybridized carbons (Fsp3) is 0.882. The van der Waals surface area contributed by atoms with Gasteiger partial charge in [-0.1, -0.05) is 6.92 Å². The van der Waals surface area contributed by atoms with Crippen molar-refractivity contribution in [1.82, 2.24) is 4.90 Å². The van der Waals surface area contributed by atoms with Crippen molar-refractivity contribution in [2.24, 2.45) is 5.92 Å². The Labute approximate surface area is 133 Å². The lowest BCUT2D eigenvalue weighted by Crippen LogP contribution is -2.49. The van der Waals surface area contributed by atoms with Crippen molar-refractivity contribution in [2.75, 3.05) is 7.11 Å². The first-order valence-corrected chi connectivity index (χ1v) is 8.63. The molecular formula is C17H29NO4. The lowest BCUT2D eigenvalue weighted by Gasteiger charge is -2.40. The number of methoxy groups -OCH3 is 1. The molecule has 1 aliphatic heterocycles. The van der Waals surface area contributed by atoms with Crippen LogP contribution < -0.4 is 0 Å². The van der Waals surface area contributed by atoms with E-state index in [1.165, 1.54) is 13.5 Å². The molecule has 0 aromatic rings. The Morgan fingerprint density at radius 3 is 2.36 bits per heavy atom. The van der Waals surface area contributed by atoms with Gasteiger partial charge in [-0.3, -0.25) is 4.79 Å². The molecule has 0 radical (unpaired) electrons. The summed E-state index contributed by atoms with van der Waals surface area (Å²) in [6.45, 7) is 4.24. The number of nitrogens with zero attached hydrogens (tertiary/aromatic N) is 1. The maximum Gasteiger partial charge on any atom is 0.410 e. The topological polar surface area (TPSA) is 55.8 Å². The van der Waals surface area contributed by atoms with Crippen LogP contribution in [0.25, 0.3) is 0 Å². The molecular weight excluding hydrogens is 282 g/mol. The fourth-order valence-electron chi connectivity index (χ4n) is 3.80. The van der Waals surface area contributed by atoms with Gasteiger partial charge < -0.3 is 14.4 Å². The zero-order valence-electron chi connectivity index (χ0n) is 14.0. The summed E-state index contributed by atoms with van der Waals surface area (Å²) in [7, 11) is 1.43. The number of carbonyl (C=O) groups is 2. The smallest absolute Gasteiger partial charge is 0.410 e. The molecule has 1 aliphatic carbocycles. The van der Waals surface area contributed by atoms with E-state index in [0.29, 0.717) is 6.04 Å². The van der Waals surface area contributed by atoms with Crippen molar-refractivity contribution in [3.05, 3.63) is 0 Å². The molecule has 2 fully saturated rings. The zero-order valence-corrected chi connectivity index (χ0v) is 14.0. The van der Waals surface area contributed by atoms with Gasteiger partial charge in [-0.15, -0.1) is 0 Å². The standard InChI is InChI=1S/C17H29NO4/c1-4-14-7-5-6-12(2)18(14)17(20)22-15-10-8-13(9-11-15)16(19)21-3/h12-15H,4-11H2,1-3H3/t12-,13?,14+,15?/m1/s1. The number of esters is 1. The first kappa shape index (κ1) is 17.1. The van der Waals surface area contributed by atoms with Gasteiger partial charge in [0.15, 0.2) is 0 Å². The van der Waals surface area contributed by atoms with Gasteiger partial charge in [0.1, 0.15) is 6.10 Å². The van der Waals surface area contributed by atoms with Gasteiger partial charge in [-0.2, -0.15) is 0 Å². The molecule has 2 aliphatic rings. The number of likely N-dealkylation sites (tertiary alicyclic amines) is 1. The highest BCUT2D eigenvalue weighted by Crippen LogP contribution is 2.30. The Morgan fingerprint density at radius 1 is 1.09 bits per heavy atom. The number of rotatable bonds is 3. The molecule has 5 nitrogen and oxygen atoms in total. The molecule has 0 aromatic carbocycles. The molecule has 22 heavy (non-hydrogen) atoms. The van der Waals surface area contributed by atoms with Crippen LogP contribution in [0, 0.1) is 5.92 Å². The SMILES string of the molecule is CC[C@H]1CCC[C@@H](C)N1C(=O)OC1CCC(C(=O)OC)CC1. The van der Waals surface area contributed by atoms with Crippen LogP contribution in [0.5, 0.6) is 0 Å². The van der Waals surface area contributed by atoms with Crippen molar-refractivity contribution in [3.63, 3.8) is 0 Å². The van der Waals surface area contributed by atoms with Gasteiger partial charge in [-0.25, -0.2) is 4.79 Å². The van der Waals surface area contributed by atoms with Gasteiger partial charge in [0.2, 0.25) is 0 Å². The van der Waals surface area contributed by atoms with E-state index >= 15 is 0 Å². The summed E-state index contributed by atoms with van der Waals surface area (Å²) >= 11 is 0. The van der Waals surface area contributed by atoms with E-state index in [1.54, 1.807) is 0 Å². The molecule has 1 saturated heterocycles.